The molecule has 1 fully saturated rings. The molecule has 1 aliphatic heterocycles. The van der Waals surface area contributed by atoms with Crippen molar-refractivity contribution in [3.63, 3.8) is 0 Å². The minimum absolute atomic E-state index is 0.00906. The molecule has 0 atom stereocenters. The molecule has 1 aliphatic rings. The van der Waals surface area contributed by atoms with Crippen molar-refractivity contribution in [1.29, 1.82) is 0 Å². The maximum atomic E-state index is 12.7. The molecule has 7 nitrogen and oxygen atoms in total. The molecule has 3 rings (SSSR count). The highest BCUT2D eigenvalue weighted by Gasteiger charge is 2.27. The lowest BCUT2D eigenvalue weighted by Gasteiger charge is -2.19. The van der Waals surface area contributed by atoms with Gasteiger partial charge in [-0.15, -0.1) is 0 Å². The third kappa shape index (κ3) is 2.54. The molecule has 0 radical (unpaired) electrons. The number of amides is 1. The van der Waals surface area contributed by atoms with Crippen LogP contribution in [0.15, 0.2) is 24.3 Å². The normalized spacial score (nSPS) is 14.1. The van der Waals surface area contributed by atoms with Crippen LogP contribution in [0.3, 0.4) is 0 Å². The van der Waals surface area contributed by atoms with E-state index >= 15 is 0 Å². The van der Waals surface area contributed by atoms with E-state index in [2.05, 4.69) is 0 Å². The van der Waals surface area contributed by atoms with E-state index in [9.17, 15) is 30.3 Å². The van der Waals surface area contributed by atoms with Gasteiger partial charge in [0.15, 0.2) is 23.0 Å². The van der Waals surface area contributed by atoms with Gasteiger partial charge in [-0.05, 0) is 36.6 Å². The van der Waals surface area contributed by atoms with Crippen LogP contribution < -0.4 is 0 Å². The van der Waals surface area contributed by atoms with Crippen molar-refractivity contribution in [3.8, 4) is 39.9 Å². The van der Waals surface area contributed by atoms with E-state index in [-0.39, 0.29) is 28.3 Å². The van der Waals surface area contributed by atoms with Crippen LogP contribution in [0.2, 0.25) is 0 Å². The first kappa shape index (κ1) is 15.8. The Morgan fingerprint density at radius 3 is 2.12 bits per heavy atom. The second-order valence-corrected chi connectivity index (χ2v) is 5.72. The first-order chi connectivity index (χ1) is 11.4. The van der Waals surface area contributed by atoms with E-state index < -0.39 is 23.0 Å². The van der Waals surface area contributed by atoms with Crippen LogP contribution in [0.25, 0.3) is 11.1 Å². The summed E-state index contributed by atoms with van der Waals surface area (Å²) in [6.07, 6.45) is 1.74. The number of hydrogen-bond acceptors (Lipinski definition) is 6. The molecule has 0 aliphatic carbocycles. The zero-order valence-electron chi connectivity index (χ0n) is 12.7. The highest BCUT2D eigenvalue weighted by Crippen LogP contribution is 2.46. The van der Waals surface area contributed by atoms with Crippen molar-refractivity contribution >= 4 is 5.91 Å². The van der Waals surface area contributed by atoms with Crippen LogP contribution in [-0.2, 0) is 0 Å². The summed E-state index contributed by atoms with van der Waals surface area (Å²) in [7, 11) is 0. The van der Waals surface area contributed by atoms with Crippen LogP contribution in [0.5, 0.6) is 28.7 Å². The first-order valence-corrected chi connectivity index (χ1v) is 7.49. The Bertz CT molecular complexity index is 811. The number of phenolic OH excluding ortho intramolecular Hbond substituents is 5. The van der Waals surface area contributed by atoms with Crippen molar-refractivity contribution in [2.75, 3.05) is 13.1 Å². The smallest absolute Gasteiger partial charge is 0.254 e. The number of carbonyl (C=O) groups excluding carboxylic acids is 1. The number of phenols is 5. The number of aromatic hydroxyl groups is 5. The third-order valence-corrected chi connectivity index (χ3v) is 4.14. The largest absolute Gasteiger partial charge is 0.504 e. The van der Waals surface area contributed by atoms with Crippen molar-refractivity contribution < 1.29 is 30.3 Å². The molecule has 5 N–H and O–H groups in total. The Balaban J connectivity index is 2.20. The molecule has 7 heteroatoms. The molecular weight excluding hydrogens is 314 g/mol. The Morgan fingerprint density at radius 1 is 0.833 bits per heavy atom. The van der Waals surface area contributed by atoms with Crippen LogP contribution in [0, 0.1) is 0 Å². The lowest BCUT2D eigenvalue weighted by Crippen LogP contribution is -2.28. The average molecular weight is 331 g/mol. The lowest BCUT2D eigenvalue weighted by atomic mass is 9.96. The van der Waals surface area contributed by atoms with Gasteiger partial charge in [0.1, 0.15) is 0 Å². The van der Waals surface area contributed by atoms with Gasteiger partial charge in [-0.1, -0.05) is 6.07 Å². The van der Waals surface area contributed by atoms with E-state index in [1.807, 2.05) is 0 Å². The maximum absolute atomic E-state index is 12.7. The van der Waals surface area contributed by atoms with E-state index in [0.717, 1.165) is 18.9 Å². The summed E-state index contributed by atoms with van der Waals surface area (Å²) >= 11 is 0. The van der Waals surface area contributed by atoms with Gasteiger partial charge in [-0.3, -0.25) is 4.79 Å². The molecule has 1 amide bonds. The predicted molar refractivity (Wildman–Crippen MR) is 85.3 cm³/mol. The molecule has 0 saturated carbocycles. The van der Waals surface area contributed by atoms with Gasteiger partial charge in [0.05, 0.1) is 5.56 Å². The summed E-state index contributed by atoms with van der Waals surface area (Å²) < 4.78 is 0. The number of carbonyl (C=O) groups is 1. The monoisotopic (exact) mass is 331 g/mol. The van der Waals surface area contributed by atoms with Crippen molar-refractivity contribution in [2.24, 2.45) is 0 Å². The van der Waals surface area contributed by atoms with E-state index in [4.69, 9.17) is 0 Å². The first-order valence-electron chi connectivity index (χ1n) is 7.49. The van der Waals surface area contributed by atoms with Gasteiger partial charge in [-0.25, -0.2) is 0 Å². The number of benzene rings is 2. The molecular formula is C17H17NO6. The molecule has 0 unspecified atom stereocenters. The molecule has 0 bridgehead atoms. The number of nitrogens with zero attached hydrogens (tertiary/aromatic N) is 1. The van der Waals surface area contributed by atoms with Crippen LogP contribution in [-0.4, -0.2) is 49.4 Å². The molecule has 1 heterocycles. The van der Waals surface area contributed by atoms with E-state index in [1.54, 1.807) is 4.90 Å². The fourth-order valence-corrected chi connectivity index (χ4v) is 2.87. The molecule has 24 heavy (non-hydrogen) atoms. The highest BCUT2D eigenvalue weighted by molar-refractivity contribution is 6.04. The second kappa shape index (κ2) is 5.84. The Labute approximate surface area is 137 Å². The summed E-state index contributed by atoms with van der Waals surface area (Å²) in [4.78, 5) is 14.3. The van der Waals surface area contributed by atoms with Crippen molar-refractivity contribution in [1.82, 2.24) is 4.90 Å². The minimum atomic E-state index is -0.754. The van der Waals surface area contributed by atoms with Crippen molar-refractivity contribution in [3.05, 3.63) is 29.8 Å². The average Bonchev–Trinajstić information content (AvgIpc) is 3.09. The summed E-state index contributed by atoms with van der Waals surface area (Å²) in [5.41, 5.74) is 0.216. The quantitative estimate of drug-likeness (QED) is 0.537. The third-order valence-electron chi connectivity index (χ3n) is 4.14. The van der Waals surface area contributed by atoms with Crippen LogP contribution in [0.4, 0.5) is 0 Å². The molecule has 0 spiro atoms. The van der Waals surface area contributed by atoms with E-state index in [0.29, 0.717) is 13.1 Å². The summed E-state index contributed by atoms with van der Waals surface area (Å²) in [5, 5.41) is 48.9. The van der Waals surface area contributed by atoms with Gasteiger partial charge in [0.2, 0.25) is 5.75 Å². The number of likely N-dealkylation sites (tertiary alicyclic amines) is 1. The number of rotatable bonds is 2. The second-order valence-electron chi connectivity index (χ2n) is 5.72. The molecule has 0 aromatic heterocycles. The predicted octanol–water partition coefficient (Wildman–Crippen LogP) is 2.12. The Hall–Kier alpha value is -3.09. The van der Waals surface area contributed by atoms with E-state index in [1.165, 1.54) is 18.2 Å². The summed E-state index contributed by atoms with van der Waals surface area (Å²) in [5.74, 6) is -3.20. The van der Waals surface area contributed by atoms with Gasteiger partial charge in [0.25, 0.3) is 5.91 Å². The molecule has 2 aromatic rings. The number of hydrogen-bond donors (Lipinski definition) is 5. The Kier molecular flexibility index (Phi) is 3.84. The maximum Gasteiger partial charge on any atom is 0.254 e. The van der Waals surface area contributed by atoms with Crippen LogP contribution in [0.1, 0.15) is 23.2 Å². The highest BCUT2D eigenvalue weighted by atomic mass is 16.3. The zero-order valence-corrected chi connectivity index (χ0v) is 12.7. The fraction of sp³-hybridized carbons (Fsp3) is 0.235. The van der Waals surface area contributed by atoms with Gasteiger partial charge in [0, 0.05) is 18.7 Å². The van der Waals surface area contributed by atoms with Gasteiger partial charge < -0.3 is 30.4 Å². The summed E-state index contributed by atoms with van der Waals surface area (Å²) in [6.45, 7) is 1.14. The fourth-order valence-electron chi connectivity index (χ4n) is 2.87. The van der Waals surface area contributed by atoms with Gasteiger partial charge >= 0.3 is 0 Å². The Morgan fingerprint density at radius 2 is 1.50 bits per heavy atom. The molecule has 2 aromatic carbocycles. The topological polar surface area (TPSA) is 121 Å². The SMILES string of the molecule is O=C(c1cc(O)c(O)c(O)c1-c1ccc(O)c(O)c1)N1CCCC1. The zero-order chi connectivity index (χ0) is 17.4. The minimum Gasteiger partial charge on any atom is -0.504 e. The van der Waals surface area contributed by atoms with Gasteiger partial charge in [-0.2, -0.15) is 0 Å². The lowest BCUT2D eigenvalue weighted by molar-refractivity contribution is 0.0792. The summed E-state index contributed by atoms with van der Waals surface area (Å²) in [6, 6.07) is 4.86. The molecule has 1 saturated heterocycles. The molecule has 126 valence electrons. The van der Waals surface area contributed by atoms with Crippen molar-refractivity contribution in [2.45, 2.75) is 12.8 Å². The standard InChI is InChI=1S/C17H17NO6/c19-11-4-3-9(7-12(11)20)14-10(8-13(21)15(22)16(14)23)17(24)18-5-1-2-6-18/h3-4,7-8,19-23H,1-2,5-6H2. The van der Waals surface area contributed by atoms with Crippen LogP contribution >= 0.6 is 0 Å².